The number of nitrogens with zero attached hydrogens (tertiary/aromatic N) is 2. The molecule has 1 unspecified atom stereocenters. The van der Waals surface area contributed by atoms with Gasteiger partial charge in [-0.15, -0.1) is 0 Å². The SMILES string of the molecule is NCC1(c2nc(CC3CCCO3)no2)CCOCC1. The molecular weight excluding hydrogens is 246 g/mol. The molecule has 0 radical (unpaired) electrons. The van der Waals surface area contributed by atoms with Gasteiger partial charge in [0.15, 0.2) is 5.82 Å². The van der Waals surface area contributed by atoms with Crippen LogP contribution in [0.1, 0.15) is 37.4 Å². The molecule has 0 aromatic carbocycles. The van der Waals surface area contributed by atoms with Gasteiger partial charge in [-0.2, -0.15) is 4.98 Å². The third-order valence-electron chi connectivity index (χ3n) is 4.20. The van der Waals surface area contributed by atoms with E-state index in [1.54, 1.807) is 0 Å². The highest BCUT2D eigenvalue weighted by atomic mass is 16.5. The van der Waals surface area contributed by atoms with Gasteiger partial charge >= 0.3 is 0 Å². The third-order valence-corrected chi connectivity index (χ3v) is 4.20. The number of nitrogens with two attached hydrogens (primary N) is 1. The van der Waals surface area contributed by atoms with Crippen LogP contribution in [0.3, 0.4) is 0 Å². The van der Waals surface area contributed by atoms with Crippen molar-refractivity contribution in [1.82, 2.24) is 10.1 Å². The van der Waals surface area contributed by atoms with Crippen LogP contribution in [-0.4, -0.2) is 42.6 Å². The summed E-state index contributed by atoms with van der Waals surface area (Å²) in [7, 11) is 0. The standard InChI is InChI=1S/C13H21N3O3/c14-9-13(3-6-17-7-4-13)12-15-11(16-19-12)8-10-2-1-5-18-10/h10H,1-9,14H2. The lowest BCUT2D eigenvalue weighted by Crippen LogP contribution is -2.41. The van der Waals surface area contributed by atoms with Crippen molar-refractivity contribution in [2.75, 3.05) is 26.4 Å². The summed E-state index contributed by atoms with van der Waals surface area (Å²) >= 11 is 0. The van der Waals surface area contributed by atoms with Crippen molar-refractivity contribution in [3.05, 3.63) is 11.7 Å². The quantitative estimate of drug-likeness (QED) is 0.868. The fourth-order valence-electron chi connectivity index (χ4n) is 2.83. The van der Waals surface area contributed by atoms with Gasteiger partial charge in [0.25, 0.3) is 0 Å². The molecule has 1 atom stereocenters. The second kappa shape index (κ2) is 5.56. The van der Waals surface area contributed by atoms with E-state index in [4.69, 9.17) is 19.7 Å². The van der Waals surface area contributed by atoms with E-state index in [1.807, 2.05) is 0 Å². The van der Waals surface area contributed by atoms with E-state index in [0.29, 0.717) is 25.6 Å². The van der Waals surface area contributed by atoms with Crippen LogP contribution >= 0.6 is 0 Å². The fraction of sp³-hybridized carbons (Fsp3) is 0.846. The lowest BCUT2D eigenvalue weighted by Gasteiger charge is -2.32. The highest BCUT2D eigenvalue weighted by Crippen LogP contribution is 2.32. The Bertz CT molecular complexity index is 409. The van der Waals surface area contributed by atoms with Crippen LogP contribution in [0.25, 0.3) is 0 Å². The second-order valence-electron chi connectivity index (χ2n) is 5.45. The van der Waals surface area contributed by atoms with Crippen LogP contribution in [-0.2, 0) is 21.3 Å². The van der Waals surface area contributed by atoms with E-state index in [-0.39, 0.29) is 11.5 Å². The lowest BCUT2D eigenvalue weighted by molar-refractivity contribution is 0.0409. The highest BCUT2D eigenvalue weighted by molar-refractivity contribution is 5.08. The van der Waals surface area contributed by atoms with E-state index < -0.39 is 0 Å². The number of hydrogen-bond donors (Lipinski definition) is 1. The minimum absolute atomic E-state index is 0.194. The average Bonchev–Trinajstić information content (AvgIpc) is 3.12. The number of hydrogen-bond acceptors (Lipinski definition) is 6. The zero-order valence-corrected chi connectivity index (χ0v) is 11.1. The maximum atomic E-state index is 5.94. The molecule has 2 fully saturated rings. The zero-order chi connectivity index (χ0) is 13.1. The first-order valence-electron chi connectivity index (χ1n) is 7.05. The molecule has 0 aliphatic carbocycles. The molecular formula is C13H21N3O3. The van der Waals surface area contributed by atoms with Crippen LogP contribution < -0.4 is 5.73 Å². The monoisotopic (exact) mass is 267 g/mol. The molecule has 0 spiro atoms. The minimum Gasteiger partial charge on any atom is -0.381 e. The van der Waals surface area contributed by atoms with Gasteiger partial charge in [0.05, 0.1) is 11.5 Å². The normalized spacial score (nSPS) is 26.7. The Labute approximate surface area is 112 Å². The van der Waals surface area contributed by atoms with Crippen molar-refractivity contribution in [2.24, 2.45) is 5.73 Å². The fourth-order valence-corrected chi connectivity index (χ4v) is 2.83. The molecule has 2 aliphatic heterocycles. The first kappa shape index (κ1) is 13.0. The molecule has 1 aromatic heterocycles. The molecule has 3 rings (SSSR count). The van der Waals surface area contributed by atoms with Gasteiger partial charge in [-0.25, -0.2) is 0 Å². The Morgan fingerprint density at radius 2 is 2.11 bits per heavy atom. The van der Waals surface area contributed by atoms with Gasteiger partial charge in [0, 0.05) is 32.8 Å². The Balaban J connectivity index is 1.71. The summed E-state index contributed by atoms with van der Waals surface area (Å²) in [6.07, 6.45) is 4.89. The molecule has 2 aliphatic rings. The van der Waals surface area contributed by atoms with Crippen LogP contribution in [0.15, 0.2) is 4.52 Å². The van der Waals surface area contributed by atoms with Crippen molar-refractivity contribution in [2.45, 2.75) is 43.6 Å². The van der Waals surface area contributed by atoms with Crippen LogP contribution in [0.5, 0.6) is 0 Å². The second-order valence-corrected chi connectivity index (χ2v) is 5.45. The zero-order valence-electron chi connectivity index (χ0n) is 11.1. The van der Waals surface area contributed by atoms with E-state index in [9.17, 15) is 0 Å². The minimum atomic E-state index is -0.194. The Hall–Kier alpha value is -0.980. The predicted octanol–water partition coefficient (Wildman–Crippen LogP) is 0.798. The van der Waals surface area contributed by atoms with Crippen LogP contribution in [0.4, 0.5) is 0 Å². The molecule has 2 N–H and O–H groups in total. The molecule has 1 aromatic rings. The summed E-state index contributed by atoms with van der Waals surface area (Å²) in [5.41, 5.74) is 5.74. The summed E-state index contributed by atoms with van der Waals surface area (Å²) in [4.78, 5) is 4.55. The molecule has 3 heterocycles. The summed E-state index contributed by atoms with van der Waals surface area (Å²) in [6, 6.07) is 0. The first-order chi connectivity index (χ1) is 9.32. The Morgan fingerprint density at radius 3 is 2.79 bits per heavy atom. The Kier molecular flexibility index (Phi) is 3.81. The molecule has 6 heteroatoms. The number of rotatable bonds is 4. The van der Waals surface area contributed by atoms with Crippen LogP contribution in [0.2, 0.25) is 0 Å². The van der Waals surface area contributed by atoms with Crippen molar-refractivity contribution in [3.8, 4) is 0 Å². The number of aromatic nitrogens is 2. The van der Waals surface area contributed by atoms with E-state index in [2.05, 4.69) is 10.1 Å². The van der Waals surface area contributed by atoms with Gasteiger partial charge in [-0.3, -0.25) is 0 Å². The third kappa shape index (κ3) is 2.66. The molecule has 2 saturated heterocycles. The number of ether oxygens (including phenoxy) is 2. The topological polar surface area (TPSA) is 83.4 Å². The summed E-state index contributed by atoms with van der Waals surface area (Å²) in [5.74, 6) is 1.41. The molecule has 0 saturated carbocycles. The molecule has 0 bridgehead atoms. The summed E-state index contributed by atoms with van der Waals surface area (Å²) < 4.78 is 16.5. The van der Waals surface area contributed by atoms with Gasteiger partial charge in [-0.05, 0) is 25.7 Å². The molecule has 0 amide bonds. The highest BCUT2D eigenvalue weighted by Gasteiger charge is 2.38. The van der Waals surface area contributed by atoms with Crippen molar-refractivity contribution < 1.29 is 14.0 Å². The van der Waals surface area contributed by atoms with Gasteiger partial charge < -0.3 is 19.7 Å². The Morgan fingerprint density at radius 1 is 1.26 bits per heavy atom. The average molecular weight is 267 g/mol. The largest absolute Gasteiger partial charge is 0.381 e. The lowest BCUT2D eigenvalue weighted by atomic mass is 9.80. The van der Waals surface area contributed by atoms with E-state index in [1.165, 1.54) is 0 Å². The predicted molar refractivity (Wildman–Crippen MR) is 67.8 cm³/mol. The first-order valence-corrected chi connectivity index (χ1v) is 7.05. The maximum Gasteiger partial charge on any atom is 0.234 e. The summed E-state index contributed by atoms with van der Waals surface area (Å²) in [5, 5.41) is 4.09. The van der Waals surface area contributed by atoms with Gasteiger partial charge in [0.1, 0.15) is 0 Å². The smallest absolute Gasteiger partial charge is 0.234 e. The molecule has 6 nitrogen and oxygen atoms in total. The van der Waals surface area contributed by atoms with Crippen molar-refractivity contribution >= 4 is 0 Å². The molecule has 106 valence electrons. The van der Waals surface area contributed by atoms with E-state index >= 15 is 0 Å². The van der Waals surface area contributed by atoms with E-state index in [0.717, 1.165) is 44.5 Å². The van der Waals surface area contributed by atoms with Crippen molar-refractivity contribution in [1.29, 1.82) is 0 Å². The van der Waals surface area contributed by atoms with Gasteiger partial charge in [-0.1, -0.05) is 5.16 Å². The summed E-state index contributed by atoms with van der Waals surface area (Å²) in [6.45, 7) is 2.79. The van der Waals surface area contributed by atoms with Crippen molar-refractivity contribution in [3.63, 3.8) is 0 Å². The maximum absolute atomic E-state index is 5.94. The van der Waals surface area contributed by atoms with Crippen LogP contribution in [0, 0.1) is 0 Å². The van der Waals surface area contributed by atoms with Gasteiger partial charge in [0.2, 0.25) is 5.89 Å². The molecule has 19 heavy (non-hydrogen) atoms.